The average Bonchev–Trinajstić information content (AvgIpc) is 3.39. The molecular formula is C21H16Cl3N5OS2. The van der Waals surface area contributed by atoms with Crippen LogP contribution in [0.5, 0.6) is 0 Å². The molecule has 164 valence electrons. The van der Waals surface area contributed by atoms with Crippen LogP contribution in [0, 0.1) is 0 Å². The van der Waals surface area contributed by atoms with Gasteiger partial charge in [-0.3, -0.25) is 4.79 Å². The number of hydrogen-bond donors (Lipinski definition) is 1. The van der Waals surface area contributed by atoms with E-state index in [9.17, 15) is 4.79 Å². The van der Waals surface area contributed by atoms with Gasteiger partial charge in [0.05, 0.1) is 21.5 Å². The number of halogens is 3. The molecule has 11 heteroatoms. The van der Waals surface area contributed by atoms with Crippen molar-refractivity contribution < 1.29 is 4.79 Å². The Bertz CT molecular complexity index is 1270. The molecule has 0 bridgehead atoms. The van der Waals surface area contributed by atoms with Crippen LogP contribution < -0.4 is 5.32 Å². The summed E-state index contributed by atoms with van der Waals surface area (Å²) in [6.45, 7) is 2.64. The molecule has 0 saturated carbocycles. The standard InChI is InChI=1S/C21H16Cl3N5OS2/c1-2-29-19(14-5-3-4-6-15(14)23)27-28-21(29)32-11-18(30)26-20-25-17(10-31-20)13-8-7-12(22)9-16(13)24/h3-10H,2,11H2,1H3,(H,25,26,30). The molecule has 0 fully saturated rings. The summed E-state index contributed by atoms with van der Waals surface area (Å²) in [5, 5.41) is 16.0. The second-order valence-corrected chi connectivity index (χ2v) is 9.58. The van der Waals surface area contributed by atoms with Gasteiger partial charge in [-0.2, -0.15) is 0 Å². The number of carbonyl (C=O) groups excluding carboxylic acids is 1. The summed E-state index contributed by atoms with van der Waals surface area (Å²) >= 11 is 21.1. The summed E-state index contributed by atoms with van der Waals surface area (Å²) in [6, 6.07) is 12.7. The molecule has 0 aliphatic heterocycles. The van der Waals surface area contributed by atoms with Crippen molar-refractivity contribution in [2.75, 3.05) is 11.1 Å². The molecule has 4 aromatic rings. The summed E-state index contributed by atoms with van der Waals surface area (Å²) in [5.41, 5.74) is 2.23. The lowest BCUT2D eigenvalue weighted by molar-refractivity contribution is -0.113. The molecule has 32 heavy (non-hydrogen) atoms. The highest BCUT2D eigenvalue weighted by atomic mass is 35.5. The first-order valence-electron chi connectivity index (χ1n) is 9.48. The van der Waals surface area contributed by atoms with Crippen molar-refractivity contribution in [3.63, 3.8) is 0 Å². The number of hydrogen-bond acceptors (Lipinski definition) is 6. The van der Waals surface area contributed by atoms with Crippen molar-refractivity contribution in [2.45, 2.75) is 18.6 Å². The Morgan fingerprint density at radius 1 is 1.09 bits per heavy atom. The van der Waals surface area contributed by atoms with Crippen LogP contribution in [0.1, 0.15) is 6.92 Å². The number of anilines is 1. The van der Waals surface area contributed by atoms with Crippen molar-refractivity contribution in [1.82, 2.24) is 19.7 Å². The zero-order valence-corrected chi connectivity index (χ0v) is 20.6. The van der Waals surface area contributed by atoms with Gasteiger partial charge in [0, 0.05) is 28.1 Å². The monoisotopic (exact) mass is 523 g/mol. The Kier molecular flexibility index (Phi) is 7.37. The fourth-order valence-electron chi connectivity index (χ4n) is 2.96. The zero-order valence-electron chi connectivity index (χ0n) is 16.7. The predicted molar refractivity (Wildman–Crippen MR) is 133 cm³/mol. The van der Waals surface area contributed by atoms with Gasteiger partial charge in [0.15, 0.2) is 16.1 Å². The Balaban J connectivity index is 1.42. The highest BCUT2D eigenvalue weighted by Gasteiger charge is 2.17. The van der Waals surface area contributed by atoms with Crippen molar-refractivity contribution in [3.8, 4) is 22.6 Å². The number of carbonyl (C=O) groups is 1. The lowest BCUT2D eigenvalue weighted by Crippen LogP contribution is -2.14. The summed E-state index contributed by atoms with van der Waals surface area (Å²) in [5.74, 6) is 0.644. The quantitative estimate of drug-likeness (QED) is 0.270. The molecule has 0 unspecified atom stereocenters. The van der Waals surface area contributed by atoms with Crippen molar-refractivity contribution in [2.24, 2.45) is 0 Å². The van der Waals surface area contributed by atoms with Crippen molar-refractivity contribution in [1.29, 1.82) is 0 Å². The van der Waals surface area contributed by atoms with Gasteiger partial charge in [-0.15, -0.1) is 21.5 Å². The second-order valence-electron chi connectivity index (χ2n) is 6.53. The molecule has 0 aliphatic carbocycles. The minimum Gasteiger partial charge on any atom is -0.302 e. The van der Waals surface area contributed by atoms with E-state index in [2.05, 4.69) is 20.5 Å². The van der Waals surface area contributed by atoms with Crippen LogP contribution in [0.15, 0.2) is 53.0 Å². The normalized spacial score (nSPS) is 11.0. The van der Waals surface area contributed by atoms with E-state index in [1.165, 1.54) is 23.1 Å². The fourth-order valence-corrected chi connectivity index (χ4v) is 5.21. The molecule has 0 radical (unpaired) electrons. The molecule has 0 saturated heterocycles. The highest BCUT2D eigenvalue weighted by Crippen LogP contribution is 2.33. The minimum atomic E-state index is -0.192. The van der Waals surface area contributed by atoms with Gasteiger partial charge in [-0.05, 0) is 37.3 Å². The van der Waals surface area contributed by atoms with Crippen LogP contribution in [0.2, 0.25) is 15.1 Å². The summed E-state index contributed by atoms with van der Waals surface area (Å²) in [4.78, 5) is 16.9. The van der Waals surface area contributed by atoms with E-state index in [4.69, 9.17) is 34.8 Å². The van der Waals surface area contributed by atoms with Gasteiger partial charge in [-0.25, -0.2) is 4.98 Å². The van der Waals surface area contributed by atoms with Crippen LogP contribution in [-0.4, -0.2) is 31.4 Å². The van der Waals surface area contributed by atoms with Gasteiger partial charge in [-0.1, -0.05) is 58.7 Å². The van der Waals surface area contributed by atoms with Crippen molar-refractivity contribution >= 4 is 68.9 Å². The highest BCUT2D eigenvalue weighted by molar-refractivity contribution is 7.99. The lowest BCUT2D eigenvalue weighted by atomic mass is 10.2. The topological polar surface area (TPSA) is 72.7 Å². The maximum absolute atomic E-state index is 12.5. The molecule has 1 N–H and O–H groups in total. The second kappa shape index (κ2) is 10.2. The Labute approximate surface area is 207 Å². The van der Waals surface area contributed by atoms with Crippen LogP contribution in [0.4, 0.5) is 5.13 Å². The molecule has 2 aromatic carbocycles. The molecule has 0 atom stereocenters. The largest absolute Gasteiger partial charge is 0.302 e. The Morgan fingerprint density at radius 2 is 1.91 bits per heavy atom. The van der Waals surface area contributed by atoms with Gasteiger partial charge >= 0.3 is 0 Å². The zero-order chi connectivity index (χ0) is 22.7. The van der Waals surface area contributed by atoms with E-state index in [1.807, 2.05) is 41.1 Å². The van der Waals surface area contributed by atoms with Gasteiger partial charge < -0.3 is 9.88 Å². The number of amides is 1. The number of aromatic nitrogens is 4. The smallest absolute Gasteiger partial charge is 0.236 e. The number of thioether (sulfide) groups is 1. The van der Waals surface area contributed by atoms with Crippen LogP contribution in [-0.2, 0) is 11.3 Å². The van der Waals surface area contributed by atoms with Crippen LogP contribution >= 0.6 is 57.9 Å². The van der Waals surface area contributed by atoms with Gasteiger partial charge in [0.2, 0.25) is 5.91 Å². The predicted octanol–water partition coefficient (Wildman–Crippen LogP) is 6.78. The number of nitrogens with one attached hydrogen (secondary N) is 1. The number of thiazole rings is 1. The van der Waals surface area contributed by atoms with Crippen molar-refractivity contribution in [3.05, 3.63) is 62.9 Å². The number of nitrogens with zero attached hydrogens (tertiary/aromatic N) is 4. The lowest BCUT2D eigenvalue weighted by Gasteiger charge is -2.08. The van der Waals surface area contributed by atoms with E-state index in [0.29, 0.717) is 43.4 Å². The first-order valence-corrected chi connectivity index (χ1v) is 12.5. The van der Waals surface area contributed by atoms with Crippen LogP contribution in [0.3, 0.4) is 0 Å². The van der Waals surface area contributed by atoms with Gasteiger partial charge in [0.1, 0.15) is 0 Å². The van der Waals surface area contributed by atoms with Gasteiger partial charge in [0.25, 0.3) is 0 Å². The van der Waals surface area contributed by atoms with E-state index in [-0.39, 0.29) is 11.7 Å². The average molecular weight is 525 g/mol. The Hall–Kier alpha value is -2.10. The molecule has 2 aromatic heterocycles. The fraction of sp³-hybridized carbons (Fsp3) is 0.143. The van der Waals surface area contributed by atoms with E-state index < -0.39 is 0 Å². The minimum absolute atomic E-state index is 0.164. The van der Waals surface area contributed by atoms with E-state index in [0.717, 1.165) is 11.1 Å². The summed E-state index contributed by atoms with van der Waals surface area (Å²) in [7, 11) is 0. The summed E-state index contributed by atoms with van der Waals surface area (Å²) in [6.07, 6.45) is 0. The van der Waals surface area contributed by atoms with E-state index in [1.54, 1.807) is 18.2 Å². The van der Waals surface area contributed by atoms with Crippen LogP contribution in [0.25, 0.3) is 22.6 Å². The summed E-state index contributed by atoms with van der Waals surface area (Å²) < 4.78 is 1.93. The maximum Gasteiger partial charge on any atom is 0.236 e. The maximum atomic E-state index is 12.5. The number of rotatable bonds is 7. The third kappa shape index (κ3) is 5.10. The molecular weight excluding hydrogens is 509 g/mol. The molecule has 0 spiro atoms. The first-order chi connectivity index (χ1) is 15.5. The Morgan fingerprint density at radius 3 is 2.66 bits per heavy atom. The molecule has 0 aliphatic rings. The molecule has 6 nitrogen and oxygen atoms in total. The molecule has 1 amide bonds. The first kappa shape index (κ1) is 23.1. The SMILES string of the molecule is CCn1c(SCC(=O)Nc2nc(-c3ccc(Cl)cc3Cl)cs2)nnc1-c1ccccc1Cl. The third-order valence-electron chi connectivity index (χ3n) is 4.44. The number of benzene rings is 2. The van der Waals surface area contributed by atoms with E-state index >= 15 is 0 Å². The third-order valence-corrected chi connectivity index (χ3v) is 7.04. The molecule has 4 rings (SSSR count). The molecule has 2 heterocycles.